The van der Waals surface area contributed by atoms with Crippen LogP contribution in [0.1, 0.15) is 11.6 Å². The van der Waals surface area contributed by atoms with Crippen molar-refractivity contribution in [2.75, 3.05) is 0 Å². The van der Waals surface area contributed by atoms with Gasteiger partial charge in [0.05, 0.1) is 17.6 Å². The molecule has 0 saturated heterocycles. The summed E-state index contributed by atoms with van der Waals surface area (Å²) in [4.78, 5) is 12.1. The Morgan fingerprint density at radius 1 is 1.37 bits per heavy atom. The number of benzene rings is 1. The number of aromatic amines is 1. The van der Waals surface area contributed by atoms with Crippen LogP contribution in [0.2, 0.25) is 0 Å². The first kappa shape index (κ1) is 12.4. The molecule has 2 heterocycles. The van der Waals surface area contributed by atoms with Crippen LogP contribution in [-0.4, -0.2) is 19.5 Å². The third-order valence-electron chi connectivity index (χ3n) is 3.28. The number of nitrogens with zero attached hydrogens (tertiary/aromatic N) is 3. The number of aromatic nitrogens is 4. The Bertz CT molecular complexity index is 756. The summed E-state index contributed by atoms with van der Waals surface area (Å²) in [7, 11) is 2.02. The maximum atomic E-state index is 5.59. The molecule has 0 aliphatic heterocycles. The van der Waals surface area contributed by atoms with E-state index in [0.29, 0.717) is 6.54 Å². The summed E-state index contributed by atoms with van der Waals surface area (Å²) in [6.45, 7) is 2.39. The maximum absolute atomic E-state index is 5.59. The summed E-state index contributed by atoms with van der Waals surface area (Å²) in [5.41, 5.74) is 9.57. The van der Waals surface area contributed by atoms with E-state index < -0.39 is 0 Å². The molecule has 3 N–H and O–H groups in total. The van der Waals surface area contributed by atoms with Crippen molar-refractivity contribution < 1.29 is 0 Å². The molecule has 19 heavy (non-hydrogen) atoms. The van der Waals surface area contributed by atoms with E-state index in [1.807, 2.05) is 26.1 Å². The second-order valence-electron chi connectivity index (χ2n) is 4.47. The van der Waals surface area contributed by atoms with Gasteiger partial charge < -0.3 is 15.3 Å². The lowest BCUT2D eigenvalue weighted by Gasteiger charge is -1.99. The van der Waals surface area contributed by atoms with Crippen LogP contribution >= 0.6 is 15.9 Å². The van der Waals surface area contributed by atoms with Gasteiger partial charge in [-0.1, -0.05) is 6.07 Å². The van der Waals surface area contributed by atoms with Crippen molar-refractivity contribution in [3.8, 4) is 11.3 Å². The summed E-state index contributed by atoms with van der Waals surface area (Å²) in [6, 6.07) is 6.15. The van der Waals surface area contributed by atoms with Gasteiger partial charge in [-0.2, -0.15) is 0 Å². The first-order chi connectivity index (χ1) is 9.10. The highest BCUT2D eigenvalue weighted by atomic mass is 79.9. The molecular weight excluding hydrogens is 306 g/mol. The van der Waals surface area contributed by atoms with Crippen LogP contribution < -0.4 is 5.73 Å². The summed E-state index contributed by atoms with van der Waals surface area (Å²) in [6.07, 6.45) is 0. The number of fused-ring (bicyclic) bond motifs is 1. The predicted molar refractivity (Wildman–Crippen MR) is 78.6 cm³/mol. The highest BCUT2D eigenvalue weighted by Crippen LogP contribution is 2.28. The van der Waals surface area contributed by atoms with Gasteiger partial charge in [0, 0.05) is 12.6 Å². The molecule has 0 saturated carbocycles. The number of hydrogen-bond acceptors (Lipinski definition) is 3. The fourth-order valence-electron chi connectivity index (χ4n) is 2.15. The molecule has 1 aromatic carbocycles. The lowest BCUT2D eigenvalue weighted by molar-refractivity contribution is 0.886. The number of imidazole rings is 2. The number of halogens is 1. The van der Waals surface area contributed by atoms with Gasteiger partial charge in [-0.3, -0.25) is 0 Å². The largest absolute Gasteiger partial charge is 0.335 e. The Morgan fingerprint density at radius 2 is 2.16 bits per heavy atom. The SMILES string of the molecule is Cc1nc2cc(-c3nc(CN)[nH]c3Br)ccc2n1C. The standard InChI is InChI=1S/C13H14BrN5/c1-7-16-9-5-8(3-4-10(9)19(7)2)12-13(14)18-11(6-15)17-12/h3-5H,6,15H2,1-2H3,(H,17,18). The van der Waals surface area contributed by atoms with Crippen molar-refractivity contribution in [2.24, 2.45) is 12.8 Å². The van der Waals surface area contributed by atoms with Gasteiger partial charge in [0.15, 0.2) is 0 Å². The second kappa shape index (κ2) is 4.47. The Morgan fingerprint density at radius 3 is 2.84 bits per heavy atom. The van der Waals surface area contributed by atoms with Crippen LogP contribution in [-0.2, 0) is 13.6 Å². The van der Waals surface area contributed by atoms with E-state index in [1.165, 1.54) is 0 Å². The molecule has 5 nitrogen and oxygen atoms in total. The van der Waals surface area contributed by atoms with Crippen molar-refractivity contribution in [1.29, 1.82) is 0 Å². The molecule has 0 atom stereocenters. The van der Waals surface area contributed by atoms with Crippen LogP contribution in [0.5, 0.6) is 0 Å². The Labute approximate surface area is 119 Å². The fraction of sp³-hybridized carbons (Fsp3) is 0.231. The van der Waals surface area contributed by atoms with E-state index in [9.17, 15) is 0 Å². The summed E-state index contributed by atoms with van der Waals surface area (Å²) in [5.74, 6) is 1.76. The summed E-state index contributed by atoms with van der Waals surface area (Å²) < 4.78 is 2.92. The summed E-state index contributed by atoms with van der Waals surface area (Å²) in [5, 5.41) is 0. The first-order valence-corrected chi connectivity index (χ1v) is 6.77. The average Bonchev–Trinajstić information content (AvgIpc) is 2.91. The van der Waals surface area contributed by atoms with E-state index in [1.54, 1.807) is 0 Å². The Balaban J connectivity index is 2.17. The van der Waals surface area contributed by atoms with Gasteiger partial charge in [-0.15, -0.1) is 0 Å². The van der Waals surface area contributed by atoms with Crippen molar-refractivity contribution in [3.63, 3.8) is 0 Å². The van der Waals surface area contributed by atoms with E-state index >= 15 is 0 Å². The molecule has 0 unspecified atom stereocenters. The zero-order chi connectivity index (χ0) is 13.6. The zero-order valence-corrected chi connectivity index (χ0v) is 12.3. The van der Waals surface area contributed by atoms with Crippen molar-refractivity contribution >= 4 is 27.0 Å². The zero-order valence-electron chi connectivity index (χ0n) is 10.7. The number of aryl methyl sites for hydroxylation is 2. The predicted octanol–water partition coefficient (Wildman–Crippen LogP) is 2.49. The minimum Gasteiger partial charge on any atom is -0.335 e. The van der Waals surface area contributed by atoms with Crippen LogP contribution in [0.4, 0.5) is 0 Å². The van der Waals surface area contributed by atoms with Crippen LogP contribution in [0, 0.1) is 6.92 Å². The van der Waals surface area contributed by atoms with Gasteiger partial charge in [-0.25, -0.2) is 9.97 Å². The highest BCUT2D eigenvalue weighted by molar-refractivity contribution is 9.10. The molecular formula is C13H14BrN5. The molecule has 6 heteroatoms. The normalized spacial score (nSPS) is 11.4. The quantitative estimate of drug-likeness (QED) is 0.762. The molecule has 0 bridgehead atoms. The van der Waals surface area contributed by atoms with Crippen LogP contribution in [0.15, 0.2) is 22.8 Å². The molecule has 98 valence electrons. The topological polar surface area (TPSA) is 72.5 Å². The smallest absolute Gasteiger partial charge is 0.121 e. The number of hydrogen-bond donors (Lipinski definition) is 2. The third kappa shape index (κ3) is 1.97. The van der Waals surface area contributed by atoms with Crippen LogP contribution in [0.3, 0.4) is 0 Å². The van der Waals surface area contributed by atoms with Crippen LogP contribution in [0.25, 0.3) is 22.3 Å². The number of H-pyrrole nitrogens is 1. The molecule has 0 aliphatic rings. The fourth-order valence-corrected chi connectivity index (χ4v) is 2.70. The maximum Gasteiger partial charge on any atom is 0.121 e. The minimum absolute atomic E-state index is 0.392. The van der Waals surface area contributed by atoms with E-state index in [2.05, 4.69) is 41.5 Å². The van der Waals surface area contributed by atoms with Gasteiger partial charge in [-0.05, 0) is 35.0 Å². The molecule has 3 aromatic rings. The lowest BCUT2D eigenvalue weighted by Crippen LogP contribution is -1.97. The van der Waals surface area contributed by atoms with Crippen molar-refractivity contribution in [2.45, 2.75) is 13.5 Å². The van der Waals surface area contributed by atoms with Gasteiger partial charge in [0.2, 0.25) is 0 Å². The van der Waals surface area contributed by atoms with Crippen molar-refractivity contribution in [3.05, 3.63) is 34.5 Å². The molecule has 0 fully saturated rings. The molecule has 2 aromatic heterocycles. The summed E-state index contributed by atoms with van der Waals surface area (Å²) >= 11 is 3.48. The number of nitrogens with one attached hydrogen (secondary N) is 1. The average molecular weight is 320 g/mol. The van der Waals surface area contributed by atoms with E-state index in [4.69, 9.17) is 5.73 Å². The molecule has 3 rings (SSSR count). The monoisotopic (exact) mass is 319 g/mol. The lowest BCUT2D eigenvalue weighted by atomic mass is 10.1. The van der Waals surface area contributed by atoms with Gasteiger partial charge >= 0.3 is 0 Å². The molecule has 0 aliphatic carbocycles. The van der Waals surface area contributed by atoms with E-state index in [-0.39, 0.29) is 0 Å². The molecule has 0 radical (unpaired) electrons. The Hall–Kier alpha value is -1.66. The third-order valence-corrected chi connectivity index (χ3v) is 3.85. The second-order valence-corrected chi connectivity index (χ2v) is 5.26. The van der Waals surface area contributed by atoms with Gasteiger partial charge in [0.25, 0.3) is 0 Å². The molecule has 0 spiro atoms. The van der Waals surface area contributed by atoms with E-state index in [0.717, 1.165) is 38.5 Å². The Kier molecular flexibility index (Phi) is 2.91. The first-order valence-electron chi connectivity index (χ1n) is 5.98. The van der Waals surface area contributed by atoms with Gasteiger partial charge in [0.1, 0.15) is 21.9 Å². The highest BCUT2D eigenvalue weighted by Gasteiger charge is 2.12. The molecule has 0 amide bonds. The number of rotatable bonds is 2. The van der Waals surface area contributed by atoms with Crippen molar-refractivity contribution in [1.82, 2.24) is 19.5 Å². The number of nitrogens with two attached hydrogens (primary N) is 1. The minimum atomic E-state index is 0.392.